The molecule has 2 rings (SSSR count). The number of carbonyl (C=O) groups is 1. The van der Waals surface area contributed by atoms with Gasteiger partial charge in [0.25, 0.3) is 0 Å². The number of ketones is 1. The van der Waals surface area contributed by atoms with Gasteiger partial charge in [0.05, 0.1) is 0 Å². The van der Waals surface area contributed by atoms with Gasteiger partial charge >= 0.3 is 0 Å². The lowest BCUT2D eigenvalue weighted by molar-refractivity contribution is 0.0870. The van der Waals surface area contributed by atoms with Crippen LogP contribution < -0.4 is 0 Å². The van der Waals surface area contributed by atoms with Crippen LogP contribution >= 0.6 is 15.9 Å². The molecule has 1 nitrogen and oxygen atoms in total. The fourth-order valence-electron chi connectivity index (χ4n) is 2.91. The van der Waals surface area contributed by atoms with Crippen LogP contribution in [0.2, 0.25) is 0 Å². The van der Waals surface area contributed by atoms with Gasteiger partial charge in [-0.25, -0.2) is 0 Å². The molecule has 2 heteroatoms. The van der Waals surface area contributed by atoms with Crippen molar-refractivity contribution in [2.45, 2.75) is 46.0 Å². The quantitative estimate of drug-likeness (QED) is 0.705. The minimum absolute atomic E-state index is 0.251. The topological polar surface area (TPSA) is 17.1 Å². The van der Waals surface area contributed by atoms with E-state index in [9.17, 15) is 4.79 Å². The molecule has 0 aliphatic heterocycles. The fraction of sp³-hybridized carbons (Fsp3) is 0.562. The van der Waals surface area contributed by atoms with Crippen LogP contribution in [0.5, 0.6) is 0 Å². The second kappa shape index (κ2) is 6.01. The predicted octanol–water partition coefficient (Wildman–Crippen LogP) is 5.16. The molecule has 1 fully saturated rings. The van der Waals surface area contributed by atoms with Crippen molar-refractivity contribution < 1.29 is 4.79 Å². The van der Waals surface area contributed by atoms with E-state index in [1.807, 2.05) is 25.1 Å². The molecule has 98 valence electrons. The van der Waals surface area contributed by atoms with Gasteiger partial charge < -0.3 is 0 Å². The number of rotatable bonds is 3. The van der Waals surface area contributed by atoms with Crippen LogP contribution in [0.3, 0.4) is 0 Å². The van der Waals surface area contributed by atoms with Crippen molar-refractivity contribution in [3.05, 3.63) is 33.8 Å². The van der Waals surface area contributed by atoms with Crippen molar-refractivity contribution >= 4 is 21.7 Å². The summed E-state index contributed by atoms with van der Waals surface area (Å²) in [7, 11) is 0. The Hall–Kier alpha value is -0.630. The molecule has 0 unspecified atom stereocenters. The lowest BCUT2D eigenvalue weighted by Gasteiger charge is -2.27. The number of hydrogen-bond donors (Lipinski definition) is 0. The highest BCUT2D eigenvalue weighted by Crippen LogP contribution is 2.33. The summed E-state index contributed by atoms with van der Waals surface area (Å²) >= 11 is 3.46. The average molecular weight is 309 g/mol. The lowest BCUT2D eigenvalue weighted by Crippen LogP contribution is -2.22. The van der Waals surface area contributed by atoms with Crippen LogP contribution in [0.4, 0.5) is 0 Å². The van der Waals surface area contributed by atoms with E-state index in [1.54, 1.807) is 0 Å². The maximum Gasteiger partial charge on any atom is 0.166 e. The van der Waals surface area contributed by atoms with Crippen LogP contribution in [-0.4, -0.2) is 5.78 Å². The number of aryl methyl sites for hydroxylation is 1. The maximum atomic E-state index is 12.5. The summed E-state index contributed by atoms with van der Waals surface area (Å²) in [6, 6.07) is 6.00. The smallest absolute Gasteiger partial charge is 0.166 e. The van der Waals surface area contributed by atoms with Gasteiger partial charge in [0.1, 0.15) is 0 Å². The first-order valence-corrected chi connectivity index (χ1v) is 7.71. The molecule has 1 saturated carbocycles. The Morgan fingerprint density at radius 3 is 2.56 bits per heavy atom. The molecule has 0 atom stereocenters. The van der Waals surface area contributed by atoms with Crippen LogP contribution in [0, 0.1) is 18.8 Å². The molecule has 1 aromatic carbocycles. The first kappa shape index (κ1) is 13.8. The zero-order valence-corrected chi connectivity index (χ0v) is 12.8. The van der Waals surface area contributed by atoms with Gasteiger partial charge in [0.2, 0.25) is 0 Å². The van der Waals surface area contributed by atoms with E-state index in [0.717, 1.165) is 34.4 Å². The van der Waals surface area contributed by atoms with E-state index in [-0.39, 0.29) is 5.92 Å². The molecule has 0 aromatic heterocycles. The Morgan fingerprint density at radius 2 is 1.94 bits per heavy atom. The normalized spacial score (nSPS) is 23.9. The van der Waals surface area contributed by atoms with E-state index in [1.165, 1.54) is 19.3 Å². The Morgan fingerprint density at radius 1 is 1.28 bits per heavy atom. The van der Waals surface area contributed by atoms with E-state index in [2.05, 4.69) is 22.9 Å². The minimum Gasteiger partial charge on any atom is -0.294 e. The molecule has 0 amide bonds. The lowest BCUT2D eigenvalue weighted by atomic mass is 9.77. The largest absolute Gasteiger partial charge is 0.294 e. The molecule has 0 spiro atoms. The van der Waals surface area contributed by atoms with Gasteiger partial charge in [-0.2, -0.15) is 0 Å². The molecule has 0 radical (unpaired) electrons. The molecule has 1 aliphatic carbocycles. The van der Waals surface area contributed by atoms with E-state index >= 15 is 0 Å². The van der Waals surface area contributed by atoms with Crippen molar-refractivity contribution in [3.8, 4) is 0 Å². The second-order valence-corrected chi connectivity index (χ2v) is 6.37. The highest BCUT2D eigenvalue weighted by molar-refractivity contribution is 9.10. The second-order valence-electron chi connectivity index (χ2n) is 5.45. The van der Waals surface area contributed by atoms with Crippen molar-refractivity contribution in [2.24, 2.45) is 11.8 Å². The Labute approximate surface area is 118 Å². The van der Waals surface area contributed by atoms with Gasteiger partial charge in [-0.05, 0) is 56.2 Å². The molecule has 0 heterocycles. The van der Waals surface area contributed by atoms with Crippen LogP contribution in [0.15, 0.2) is 22.7 Å². The molecule has 0 N–H and O–H groups in total. The molecular formula is C16H21BrO. The molecule has 18 heavy (non-hydrogen) atoms. The third-order valence-electron chi connectivity index (χ3n) is 4.26. The molecule has 0 bridgehead atoms. The zero-order chi connectivity index (χ0) is 13.1. The van der Waals surface area contributed by atoms with Crippen molar-refractivity contribution in [1.29, 1.82) is 0 Å². The van der Waals surface area contributed by atoms with E-state index < -0.39 is 0 Å². The molecule has 1 aliphatic rings. The summed E-state index contributed by atoms with van der Waals surface area (Å²) in [5, 5.41) is 0. The van der Waals surface area contributed by atoms with Gasteiger partial charge in [-0.3, -0.25) is 4.79 Å². The van der Waals surface area contributed by atoms with Crippen molar-refractivity contribution in [3.63, 3.8) is 0 Å². The molecule has 0 saturated heterocycles. The van der Waals surface area contributed by atoms with E-state index in [4.69, 9.17) is 0 Å². The van der Waals surface area contributed by atoms with Crippen molar-refractivity contribution in [2.75, 3.05) is 0 Å². The zero-order valence-electron chi connectivity index (χ0n) is 11.2. The van der Waals surface area contributed by atoms with Crippen LogP contribution in [-0.2, 0) is 0 Å². The average Bonchev–Trinajstić information content (AvgIpc) is 2.41. The Bertz CT molecular complexity index is 431. The predicted molar refractivity (Wildman–Crippen MR) is 78.9 cm³/mol. The summed E-state index contributed by atoms with van der Waals surface area (Å²) in [6.07, 6.45) is 5.85. The van der Waals surface area contributed by atoms with Crippen LogP contribution in [0.1, 0.15) is 54.9 Å². The number of carbonyl (C=O) groups excluding carboxylic acids is 1. The SMILES string of the molecule is CCC1CCC(C(=O)c2cc(Br)ccc2C)CC1. The Kier molecular flexibility index (Phi) is 4.60. The highest BCUT2D eigenvalue weighted by atomic mass is 79.9. The summed E-state index contributed by atoms with van der Waals surface area (Å²) in [4.78, 5) is 12.5. The minimum atomic E-state index is 0.251. The summed E-state index contributed by atoms with van der Waals surface area (Å²) in [5.41, 5.74) is 2.00. The van der Waals surface area contributed by atoms with Gasteiger partial charge in [0, 0.05) is 16.0 Å². The highest BCUT2D eigenvalue weighted by Gasteiger charge is 2.26. The van der Waals surface area contributed by atoms with Gasteiger partial charge in [-0.15, -0.1) is 0 Å². The third-order valence-corrected chi connectivity index (χ3v) is 4.75. The van der Waals surface area contributed by atoms with Crippen molar-refractivity contribution in [1.82, 2.24) is 0 Å². The first-order valence-electron chi connectivity index (χ1n) is 6.92. The fourth-order valence-corrected chi connectivity index (χ4v) is 3.27. The first-order chi connectivity index (χ1) is 8.61. The summed E-state index contributed by atoms with van der Waals surface area (Å²) in [6.45, 7) is 4.28. The summed E-state index contributed by atoms with van der Waals surface area (Å²) < 4.78 is 0.999. The maximum absolute atomic E-state index is 12.5. The van der Waals surface area contributed by atoms with Gasteiger partial charge in [-0.1, -0.05) is 35.3 Å². The monoisotopic (exact) mass is 308 g/mol. The number of hydrogen-bond acceptors (Lipinski definition) is 1. The standard InChI is InChI=1S/C16H21BrO/c1-3-12-5-7-13(8-6-12)16(18)15-10-14(17)9-4-11(15)2/h4,9-10,12-13H,3,5-8H2,1-2H3. The Balaban J connectivity index is 2.10. The summed E-state index contributed by atoms with van der Waals surface area (Å²) in [5.74, 6) is 1.45. The van der Waals surface area contributed by atoms with E-state index in [0.29, 0.717) is 5.78 Å². The van der Waals surface area contributed by atoms with Gasteiger partial charge in [0.15, 0.2) is 5.78 Å². The van der Waals surface area contributed by atoms with Crippen LogP contribution in [0.25, 0.3) is 0 Å². The third kappa shape index (κ3) is 3.03. The number of halogens is 1. The number of benzene rings is 1. The number of Topliss-reactive ketones (excluding diaryl/α,β-unsaturated/α-hetero) is 1. The molecule has 1 aromatic rings. The molecular weight excluding hydrogens is 288 g/mol.